The lowest BCUT2D eigenvalue weighted by Crippen LogP contribution is -2.27. The van der Waals surface area contributed by atoms with Gasteiger partial charge in [0.25, 0.3) is 0 Å². The van der Waals surface area contributed by atoms with E-state index < -0.39 is 0 Å². The number of halogens is 1. The number of nitrogens with zero attached hydrogens (tertiary/aromatic N) is 1. The molecule has 0 saturated carbocycles. The summed E-state index contributed by atoms with van der Waals surface area (Å²) in [5.74, 6) is -0.273. The van der Waals surface area contributed by atoms with Gasteiger partial charge >= 0.3 is 0 Å². The third-order valence-corrected chi connectivity index (χ3v) is 2.94. The Morgan fingerprint density at radius 3 is 2.81 bits per heavy atom. The first-order valence-electron chi connectivity index (χ1n) is 5.24. The van der Waals surface area contributed by atoms with Crippen LogP contribution in [0.25, 0.3) is 0 Å². The van der Waals surface area contributed by atoms with Gasteiger partial charge in [0.05, 0.1) is 0 Å². The van der Waals surface area contributed by atoms with Crippen LogP contribution in [0.2, 0.25) is 5.02 Å². The first kappa shape index (κ1) is 13.0. The van der Waals surface area contributed by atoms with Crippen molar-refractivity contribution in [3.63, 3.8) is 0 Å². The van der Waals surface area contributed by atoms with Crippen LogP contribution in [0.1, 0.15) is 24.9 Å². The average Bonchev–Trinajstić information content (AvgIpc) is 2.24. The van der Waals surface area contributed by atoms with Crippen LogP contribution in [0, 0.1) is 0 Å². The summed E-state index contributed by atoms with van der Waals surface area (Å²) in [5.41, 5.74) is 6.26. The molecule has 1 amide bonds. The zero-order valence-corrected chi connectivity index (χ0v) is 10.4. The van der Waals surface area contributed by atoms with Crippen molar-refractivity contribution < 1.29 is 4.79 Å². The lowest BCUT2D eigenvalue weighted by atomic mass is 10.1. The second-order valence-corrected chi connectivity index (χ2v) is 4.36. The van der Waals surface area contributed by atoms with E-state index in [1.54, 1.807) is 0 Å². The van der Waals surface area contributed by atoms with E-state index in [9.17, 15) is 4.79 Å². The highest BCUT2D eigenvalue weighted by atomic mass is 35.5. The number of primary amides is 1. The monoisotopic (exact) mass is 240 g/mol. The van der Waals surface area contributed by atoms with Crippen LogP contribution in [-0.2, 0) is 4.79 Å². The van der Waals surface area contributed by atoms with Gasteiger partial charge in [0.2, 0.25) is 5.91 Å². The van der Waals surface area contributed by atoms with Crippen molar-refractivity contribution in [1.29, 1.82) is 0 Å². The fourth-order valence-electron chi connectivity index (χ4n) is 1.50. The zero-order chi connectivity index (χ0) is 12.1. The van der Waals surface area contributed by atoms with Crippen LogP contribution < -0.4 is 5.73 Å². The number of hydrogen-bond donors (Lipinski definition) is 1. The van der Waals surface area contributed by atoms with Crippen molar-refractivity contribution in [2.75, 3.05) is 13.6 Å². The molecule has 1 atom stereocenters. The summed E-state index contributed by atoms with van der Waals surface area (Å²) in [5, 5.41) is 0.729. The molecule has 0 aliphatic heterocycles. The minimum Gasteiger partial charge on any atom is -0.370 e. The molecule has 1 aromatic rings. The fourth-order valence-corrected chi connectivity index (χ4v) is 1.70. The molecule has 0 aromatic heterocycles. The van der Waals surface area contributed by atoms with Gasteiger partial charge in [-0.3, -0.25) is 9.69 Å². The van der Waals surface area contributed by atoms with Crippen LogP contribution >= 0.6 is 11.6 Å². The summed E-state index contributed by atoms with van der Waals surface area (Å²) < 4.78 is 0. The molecule has 0 saturated heterocycles. The molecule has 3 nitrogen and oxygen atoms in total. The number of carbonyl (C=O) groups is 1. The number of benzene rings is 1. The fraction of sp³-hybridized carbons (Fsp3) is 0.417. The summed E-state index contributed by atoms with van der Waals surface area (Å²) in [6.45, 7) is 2.73. The minimum absolute atomic E-state index is 0.220. The van der Waals surface area contributed by atoms with Crippen molar-refractivity contribution in [3.8, 4) is 0 Å². The van der Waals surface area contributed by atoms with Crippen LogP contribution in [0.4, 0.5) is 0 Å². The molecule has 0 aliphatic rings. The molecule has 0 bridgehead atoms. The maximum atomic E-state index is 10.7. The van der Waals surface area contributed by atoms with E-state index in [4.69, 9.17) is 17.3 Å². The normalized spacial score (nSPS) is 12.8. The Bertz CT molecular complexity index is 368. The number of carbonyl (C=O) groups excluding carboxylic acids is 1. The maximum absolute atomic E-state index is 10.7. The van der Waals surface area contributed by atoms with Crippen LogP contribution in [0.3, 0.4) is 0 Å². The molecular formula is C12H17ClN2O. The quantitative estimate of drug-likeness (QED) is 0.858. The molecule has 1 aromatic carbocycles. The van der Waals surface area contributed by atoms with Crippen molar-refractivity contribution in [2.45, 2.75) is 19.4 Å². The van der Waals surface area contributed by atoms with Gasteiger partial charge in [0.1, 0.15) is 0 Å². The van der Waals surface area contributed by atoms with Crippen molar-refractivity contribution in [2.24, 2.45) is 5.73 Å². The number of amides is 1. The van der Waals surface area contributed by atoms with E-state index in [-0.39, 0.29) is 11.9 Å². The van der Waals surface area contributed by atoms with Crippen molar-refractivity contribution in [1.82, 2.24) is 4.90 Å². The van der Waals surface area contributed by atoms with Gasteiger partial charge in [-0.25, -0.2) is 0 Å². The van der Waals surface area contributed by atoms with Gasteiger partial charge in [-0.1, -0.05) is 23.7 Å². The molecule has 1 unspecified atom stereocenters. The van der Waals surface area contributed by atoms with E-state index in [2.05, 4.69) is 11.8 Å². The van der Waals surface area contributed by atoms with Crippen LogP contribution in [-0.4, -0.2) is 24.4 Å². The summed E-state index contributed by atoms with van der Waals surface area (Å²) in [4.78, 5) is 12.8. The molecule has 0 heterocycles. The Balaban J connectivity index is 2.62. The predicted molar refractivity (Wildman–Crippen MR) is 66.3 cm³/mol. The zero-order valence-electron chi connectivity index (χ0n) is 9.61. The Hall–Kier alpha value is -1.06. The van der Waals surface area contributed by atoms with Crippen molar-refractivity contribution in [3.05, 3.63) is 34.9 Å². The first-order valence-corrected chi connectivity index (χ1v) is 5.62. The van der Waals surface area contributed by atoms with E-state index in [0.29, 0.717) is 13.0 Å². The number of rotatable bonds is 5. The lowest BCUT2D eigenvalue weighted by molar-refractivity contribution is -0.118. The van der Waals surface area contributed by atoms with Gasteiger partial charge in [-0.05, 0) is 31.7 Å². The van der Waals surface area contributed by atoms with Crippen LogP contribution in [0.15, 0.2) is 24.3 Å². The smallest absolute Gasteiger partial charge is 0.218 e. The summed E-state index contributed by atoms with van der Waals surface area (Å²) in [6, 6.07) is 7.96. The molecular weight excluding hydrogens is 224 g/mol. The van der Waals surface area contributed by atoms with Gasteiger partial charge in [0, 0.05) is 24.0 Å². The molecule has 88 valence electrons. The van der Waals surface area contributed by atoms with Crippen LogP contribution in [0.5, 0.6) is 0 Å². The average molecular weight is 241 g/mol. The van der Waals surface area contributed by atoms with E-state index in [1.807, 2.05) is 31.3 Å². The molecule has 0 aliphatic carbocycles. The summed E-state index contributed by atoms with van der Waals surface area (Å²) in [6.07, 6.45) is 0.376. The highest BCUT2D eigenvalue weighted by molar-refractivity contribution is 6.30. The van der Waals surface area contributed by atoms with Gasteiger partial charge in [0.15, 0.2) is 0 Å². The highest BCUT2D eigenvalue weighted by Crippen LogP contribution is 2.21. The molecule has 0 spiro atoms. The molecule has 2 N–H and O–H groups in total. The summed E-state index contributed by atoms with van der Waals surface area (Å²) in [7, 11) is 1.97. The van der Waals surface area contributed by atoms with Gasteiger partial charge < -0.3 is 5.73 Å². The number of nitrogens with two attached hydrogens (primary N) is 1. The topological polar surface area (TPSA) is 46.3 Å². The molecule has 0 radical (unpaired) electrons. The minimum atomic E-state index is -0.273. The second kappa shape index (κ2) is 5.87. The SMILES string of the molecule is CC(c1cccc(Cl)c1)N(C)CCC(N)=O. The molecule has 4 heteroatoms. The van der Waals surface area contributed by atoms with Gasteiger partial charge in [-0.15, -0.1) is 0 Å². The first-order chi connectivity index (χ1) is 7.50. The highest BCUT2D eigenvalue weighted by Gasteiger charge is 2.12. The molecule has 0 fully saturated rings. The third kappa shape index (κ3) is 3.83. The Morgan fingerprint density at radius 1 is 1.56 bits per heavy atom. The predicted octanol–water partition coefficient (Wildman–Crippen LogP) is 2.21. The Morgan fingerprint density at radius 2 is 2.25 bits per heavy atom. The second-order valence-electron chi connectivity index (χ2n) is 3.93. The van der Waals surface area contributed by atoms with E-state index in [1.165, 1.54) is 0 Å². The van der Waals surface area contributed by atoms with E-state index >= 15 is 0 Å². The maximum Gasteiger partial charge on any atom is 0.218 e. The van der Waals surface area contributed by atoms with E-state index in [0.717, 1.165) is 10.6 Å². The molecule has 16 heavy (non-hydrogen) atoms. The molecule has 1 rings (SSSR count). The Labute approximate surface area is 101 Å². The standard InChI is InChI=1S/C12H17ClN2O/c1-9(15(2)7-6-12(14)16)10-4-3-5-11(13)8-10/h3-5,8-9H,6-7H2,1-2H3,(H2,14,16). The third-order valence-electron chi connectivity index (χ3n) is 2.70. The number of hydrogen-bond acceptors (Lipinski definition) is 2. The summed E-state index contributed by atoms with van der Waals surface area (Å²) >= 11 is 5.93. The Kier molecular flexibility index (Phi) is 4.77. The van der Waals surface area contributed by atoms with Gasteiger partial charge in [-0.2, -0.15) is 0 Å². The largest absolute Gasteiger partial charge is 0.370 e. The lowest BCUT2D eigenvalue weighted by Gasteiger charge is -2.24. The van der Waals surface area contributed by atoms with Crippen molar-refractivity contribution >= 4 is 17.5 Å².